The number of aliphatic imine (C=N–C) groups is 1. The van der Waals surface area contributed by atoms with Crippen molar-refractivity contribution in [2.45, 2.75) is 44.6 Å². The molecule has 0 amide bonds. The molecule has 0 saturated heterocycles. The molecule has 1 fully saturated rings. The topological polar surface area (TPSA) is 29.4 Å². The third-order valence-electron chi connectivity index (χ3n) is 5.63. The molecule has 1 saturated carbocycles. The van der Waals surface area contributed by atoms with Crippen molar-refractivity contribution in [3.05, 3.63) is 82.9 Å². The van der Waals surface area contributed by atoms with Gasteiger partial charge in [0.2, 0.25) is 0 Å². The smallest absolute Gasteiger partial charge is 0.195 e. The fraction of sp³-hybridized carbons (Fsp3) is 0.304. The summed E-state index contributed by atoms with van der Waals surface area (Å²) in [5.41, 5.74) is 4.49. The number of ketones is 1. The highest BCUT2D eigenvalue weighted by Gasteiger charge is 2.42. The van der Waals surface area contributed by atoms with Gasteiger partial charge in [-0.2, -0.15) is 0 Å². The van der Waals surface area contributed by atoms with Gasteiger partial charge in [0.15, 0.2) is 5.78 Å². The minimum Gasteiger partial charge on any atom is -0.289 e. The van der Waals surface area contributed by atoms with E-state index in [1.54, 1.807) is 0 Å². The van der Waals surface area contributed by atoms with Crippen LogP contribution in [0.3, 0.4) is 0 Å². The van der Waals surface area contributed by atoms with Crippen LogP contribution in [0.15, 0.2) is 76.8 Å². The zero-order chi connectivity index (χ0) is 17.3. The van der Waals surface area contributed by atoms with E-state index < -0.39 is 0 Å². The van der Waals surface area contributed by atoms with Gasteiger partial charge < -0.3 is 0 Å². The van der Waals surface area contributed by atoms with Crippen molar-refractivity contribution in [1.82, 2.24) is 0 Å². The minimum atomic E-state index is -0.163. The highest BCUT2D eigenvalue weighted by atomic mass is 16.1. The van der Waals surface area contributed by atoms with E-state index in [0.29, 0.717) is 0 Å². The second kappa shape index (κ2) is 6.44. The summed E-state index contributed by atoms with van der Waals surface area (Å²) in [6, 6.07) is 19.8. The van der Waals surface area contributed by atoms with Gasteiger partial charge in [-0.3, -0.25) is 9.79 Å². The third-order valence-corrected chi connectivity index (χ3v) is 5.63. The quantitative estimate of drug-likeness (QED) is 0.694. The molecule has 4 rings (SSSR count). The van der Waals surface area contributed by atoms with E-state index in [-0.39, 0.29) is 11.3 Å². The second-order valence-electron chi connectivity index (χ2n) is 7.11. The van der Waals surface area contributed by atoms with Gasteiger partial charge in [0.1, 0.15) is 0 Å². The molecule has 1 aliphatic heterocycles. The first-order valence-corrected chi connectivity index (χ1v) is 9.18. The first kappa shape index (κ1) is 16.0. The number of allylic oxidation sites excluding steroid dienone is 1. The van der Waals surface area contributed by atoms with E-state index >= 15 is 0 Å². The number of rotatable bonds is 3. The molecule has 126 valence electrons. The maximum atomic E-state index is 13.3. The van der Waals surface area contributed by atoms with E-state index in [1.807, 2.05) is 48.5 Å². The van der Waals surface area contributed by atoms with Crippen LogP contribution < -0.4 is 0 Å². The molecular weight excluding hydrogens is 306 g/mol. The van der Waals surface area contributed by atoms with Crippen LogP contribution in [0.1, 0.15) is 54.9 Å². The van der Waals surface area contributed by atoms with Crippen molar-refractivity contribution in [1.29, 1.82) is 0 Å². The largest absolute Gasteiger partial charge is 0.289 e. The molecule has 2 heteroatoms. The third kappa shape index (κ3) is 2.76. The lowest BCUT2D eigenvalue weighted by atomic mass is 9.76. The minimum absolute atomic E-state index is 0.100. The standard InChI is InChI=1S/C23H23NO/c1-17-20(22(25)19-13-7-3-8-14-19)21(18-11-5-2-6-12-18)24-23(17)15-9-4-10-16-23/h2-3,5-8,11-14H,4,9-10,15-16H2,1H3. The Balaban J connectivity index is 1.85. The van der Waals surface area contributed by atoms with Crippen molar-refractivity contribution >= 4 is 11.5 Å². The fourth-order valence-corrected chi connectivity index (χ4v) is 4.20. The first-order chi connectivity index (χ1) is 12.2. The molecular formula is C23H23NO. The summed E-state index contributed by atoms with van der Waals surface area (Å²) >= 11 is 0. The van der Waals surface area contributed by atoms with Gasteiger partial charge in [0.25, 0.3) is 0 Å². The Bertz CT molecular complexity index is 840. The summed E-state index contributed by atoms with van der Waals surface area (Å²) in [7, 11) is 0. The van der Waals surface area contributed by atoms with Crippen molar-refractivity contribution in [3.8, 4) is 0 Å². The number of hydrogen-bond donors (Lipinski definition) is 0. The fourth-order valence-electron chi connectivity index (χ4n) is 4.20. The van der Waals surface area contributed by atoms with Gasteiger partial charge >= 0.3 is 0 Å². The highest BCUT2D eigenvalue weighted by Crippen LogP contribution is 2.44. The zero-order valence-corrected chi connectivity index (χ0v) is 14.7. The average Bonchev–Trinajstić information content (AvgIpc) is 2.95. The molecule has 2 aliphatic rings. The predicted molar refractivity (Wildman–Crippen MR) is 102 cm³/mol. The molecule has 0 atom stereocenters. The summed E-state index contributed by atoms with van der Waals surface area (Å²) in [5, 5.41) is 0. The summed E-state index contributed by atoms with van der Waals surface area (Å²) in [6.07, 6.45) is 5.76. The normalized spacial score (nSPS) is 19.2. The van der Waals surface area contributed by atoms with Crippen LogP contribution in [0.5, 0.6) is 0 Å². The van der Waals surface area contributed by atoms with E-state index in [4.69, 9.17) is 4.99 Å². The molecule has 1 heterocycles. The van der Waals surface area contributed by atoms with E-state index in [9.17, 15) is 4.79 Å². The Labute approximate surface area is 149 Å². The average molecular weight is 329 g/mol. The lowest BCUT2D eigenvalue weighted by molar-refractivity contribution is 0.103. The van der Waals surface area contributed by atoms with Gasteiger partial charge in [-0.25, -0.2) is 0 Å². The molecule has 2 aromatic carbocycles. The van der Waals surface area contributed by atoms with Crippen molar-refractivity contribution < 1.29 is 4.79 Å². The van der Waals surface area contributed by atoms with Crippen LogP contribution in [-0.2, 0) is 0 Å². The molecule has 0 radical (unpaired) electrons. The molecule has 2 nitrogen and oxygen atoms in total. The number of Topliss-reactive ketones (excluding diaryl/α,β-unsaturated/α-hetero) is 1. The van der Waals surface area contributed by atoms with Gasteiger partial charge in [-0.1, -0.05) is 79.9 Å². The van der Waals surface area contributed by atoms with Crippen LogP contribution >= 0.6 is 0 Å². The van der Waals surface area contributed by atoms with Crippen LogP contribution in [0.2, 0.25) is 0 Å². The van der Waals surface area contributed by atoms with Gasteiger partial charge in [0, 0.05) is 16.7 Å². The number of benzene rings is 2. The zero-order valence-electron chi connectivity index (χ0n) is 14.7. The number of nitrogens with zero attached hydrogens (tertiary/aromatic N) is 1. The van der Waals surface area contributed by atoms with Crippen molar-refractivity contribution in [2.75, 3.05) is 0 Å². The summed E-state index contributed by atoms with van der Waals surface area (Å²) in [5.74, 6) is 0.100. The lowest BCUT2D eigenvalue weighted by Gasteiger charge is -2.32. The van der Waals surface area contributed by atoms with Crippen LogP contribution in [0, 0.1) is 0 Å². The van der Waals surface area contributed by atoms with Crippen LogP contribution in [-0.4, -0.2) is 17.0 Å². The van der Waals surface area contributed by atoms with Crippen LogP contribution in [0.4, 0.5) is 0 Å². The Morgan fingerprint density at radius 3 is 2.12 bits per heavy atom. The van der Waals surface area contributed by atoms with E-state index in [1.165, 1.54) is 24.8 Å². The van der Waals surface area contributed by atoms with Gasteiger partial charge in [0.05, 0.1) is 11.3 Å². The number of carbonyl (C=O) groups excluding carboxylic acids is 1. The molecule has 25 heavy (non-hydrogen) atoms. The Morgan fingerprint density at radius 1 is 0.880 bits per heavy atom. The molecule has 0 N–H and O–H groups in total. The monoisotopic (exact) mass is 329 g/mol. The molecule has 0 aromatic heterocycles. The Morgan fingerprint density at radius 2 is 1.48 bits per heavy atom. The molecule has 1 spiro atoms. The van der Waals surface area contributed by atoms with E-state index in [2.05, 4.69) is 19.1 Å². The molecule has 0 unspecified atom stereocenters. The Hall–Kier alpha value is -2.48. The van der Waals surface area contributed by atoms with Crippen molar-refractivity contribution in [2.24, 2.45) is 4.99 Å². The first-order valence-electron chi connectivity index (χ1n) is 9.18. The summed E-state index contributed by atoms with van der Waals surface area (Å²) in [6.45, 7) is 2.13. The highest BCUT2D eigenvalue weighted by molar-refractivity contribution is 6.34. The van der Waals surface area contributed by atoms with E-state index in [0.717, 1.165) is 35.3 Å². The molecule has 2 aromatic rings. The lowest BCUT2D eigenvalue weighted by Crippen LogP contribution is -2.29. The summed E-state index contributed by atoms with van der Waals surface area (Å²) < 4.78 is 0. The maximum absolute atomic E-state index is 13.3. The molecule has 0 bridgehead atoms. The number of hydrogen-bond acceptors (Lipinski definition) is 2. The van der Waals surface area contributed by atoms with Gasteiger partial charge in [-0.15, -0.1) is 0 Å². The van der Waals surface area contributed by atoms with Crippen molar-refractivity contribution in [3.63, 3.8) is 0 Å². The SMILES string of the molecule is CC1=C(C(=O)c2ccccc2)C(c2ccccc2)=NC12CCCCC2. The second-order valence-corrected chi connectivity index (χ2v) is 7.11. The predicted octanol–water partition coefficient (Wildman–Crippen LogP) is 5.39. The summed E-state index contributed by atoms with van der Waals surface area (Å²) in [4.78, 5) is 18.5. The van der Waals surface area contributed by atoms with Gasteiger partial charge in [-0.05, 0) is 25.3 Å². The maximum Gasteiger partial charge on any atom is 0.195 e. The Kier molecular flexibility index (Phi) is 4.12. The number of carbonyl (C=O) groups is 1. The van der Waals surface area contributed by atoms with Crippen LogP contribution in [0.25, 0.3) is 0 Å². The molecule has 1 aliphatic carbocycles.